The minimum atomic E-state index is -1.26. The Morgan fingerprint density at radius 3 is 2.60 bits per heavy atom. The van der Waals surface area contributed by atoms with E-state index in [1.807, 2.05) is 12.1 Å². The van der Waals surface area contributed by atoms with Crippen LogP contribution in [0, 0.1) is 0 Å². The Balaban J connectivity index is 2.34. The molecule has 8 heteroatoms. The maximum Gasteiger partial charge on any atom is 0.326 e. The Hall–Kier alpha value is -1.41. The molecule has 6 nitrogen and oxygen atoms in total. The van der Waals surface area contributed by atoms with Crippen LogP contribution in [0.2, 0.25) is 0 Å². The van der Waals surface area contributed by atoms with E-state index in [4.69, 9.17) is 10.8 Å². The molecule has 1 atom stereocenters. The van der Waals surface area contributed by atoms with Crippen molar-refractivity contribution < 1.29 is 19.5 Å². The van der Waals surface area contributed by atoms with Crippen LogP contribution >= 0.6 is 27.3 Å². The molecule has 0 aliphatic rings. The number of carbonyl (C=O) groups is 3. The van der Waals surface area contributed by atoms with Crippen LogP contribution in [0.25, 0.3) is 0 Å². The van der Waals surface area contributed by atoms with Crippen molar-refractivity contribution in [2.75, 3.05) is 0 Å². The molecule has 110 valence electrons. The van der Waals surface area contributed by atoms with Gasteiger partial charge in [0.2, 0.25) is 11.8 Å². The number of halogens is 1. The van der Waals surface area contributed by atoms with Crippen LogP contribution in [0.1, 0.15) is 24.1 Å². The standard InChI is InChI=1S/C12H15BrN2O4S/c13-9-5-4-7(20-9)2-1-3-11(17)15-8(12(18)19)6-10(14)16/h4-5,8H,1-3,6H2,(H2,14,16)(H,15,17)(H,18,19). The average Bonchev–Trinajstić information content (AvgIpc) is 2.73. The van der Waals surface area contributed by atoms with E-state index < -0.39 is 30.2 Å². The van der Waals surface area contributed by atoms with Crippen molar-refractivity contribution in [3.63, 3.8) is 0 Å². The summed E-state index contributed by atoms with van der Waals surface area (Å²) in [7, 11) is 0. The molecular weight excluding hydrogens is 348 g/mol. The van der Waals surface area contributed by atoms with Crippen LogP contribution < -0.4 is 11.1 Å². The van der Waals surface area contributed by atoms with Crippen LogP contribution in [0.3, 0.4) is 0 Å². The Morgan fingerprint density at radius 1 is 1.40 bits per heavy atom. The Bertz CT molecular complexity index is 503. The summed E-state index contributed by atoms with van der Waals surface area (Å²) < 4.78 is 1.03. The van der Waals surface area contributed by atoms with E-state index in [1.54, 1.807) is 11.3 Å². The summed E-state index contributed by atoms with van der Waals surface area (Å²) in [6, 6.07) is 2.66. The molecule has 4 N–H and O–H groups in total. The molecule has 0 saturated heterocycles. The van der Waals surface area contributed by atoms with Gasteiger partial charge in [-0.1, -0.05) is 0 Å². The van der Waals surface area contributed by atoms with E-state index in [1.165, 1.54) is 0 Å². The summed E-state index contributed by atoms with van der Waals surface area (Å²) in [5, 5.41) is 11.1. The molecule has 0 bridgehead atoms. The monoisotopic (exact) mass is 362 g/mol. The predicted molar refractivity (Wildman–Crippen MR) is 78.3 cm³/mol. The zero-order valence-corrected chi connectivity index (χ0v) is 13.0. The van der Waals surface area contributed by atoms with Crippen LogP contribution in [-0.2, 0) is 20.8 Å². The maximum absolute atomic E-state index is 11.6. The van der Waals surface area contributed by atoms with Crippen molar-refractivity contribution in [3.05, 3.63) is 20.8 Å². The molecule has 0 spiro atoms. The molecule has 2 amide bonds. The predicted octanol–water partition coefficient (Wildman–Crippen LogP) is 1.28. The minimum absolute atomic E-state index is 0.206. The average molecular weight is 363 g/mol. The first kappa shape index (κ1) is 16.6. The number of thiophene rings is 1. The number of nitrogens with one attached hydrogen (secondary N) is 1. The van der Waals surface area contributed by atoms with Gasteiger partial charge in [-0.25, -0.2) is 4.79 Å². The van der Waals surface area contributed by atoms with Gasteiger partial charge in [-0.2, -0.15) is 0 Å². The van der Waals surface area contributed by atoms with E-state index in [0.29, 0.717) is 6.42 Å². The number of primary amides is 1. The van der Waals surface area contributed by atoms with E-state index in [0.717, 1.165) is 15.1 Å². The molecule has 0 fully saturated rings. The van der Waals surface area contributed by atoms with Gasteiger partial charge in [0, 0.05) is 11.3 Å². The minimum Gasteiger partial charge on any atom is -0.480 e. The van der Waals surface area contributed by atoms with Crippen molar-refractivity contribution in [1.82, 2.24) is 5.32 Å². The quantitative estimate of drug-likeness (QED) is 0.646. The van der Waals surface area contributed by atoms with Crippen molar-refractivity contribution in [2.45, 2.75) is 31.7 Å². The first-order chi connectivity index (χ1) is 9.38. The summed E-state index contributed by atoms with van der Waals surface area (Å²) in [5.74, 6) is -2.42. The number of hydrogen-bond donors (Lipinski definition) is 3. The van der Waals surface area contributed by atoms with Gasteiger partial charge in [0.1, 0.15) is 6.04 Å². The van der Waals surface area contributed by atoms with Gasteiger partial charge in [-0.3, -0.25) is 9.59 Å². The highest BCUT2D eigenvalue weighted by Crippen LogP contribution is 2.23. The lowest BCUT2D eigenvalue weighted by Gasteiger charge is -2.12. The van der Waals surface area contributed by atoms with Gasteiger partial charge in [0.25, 0.3) is 0 Å². The number of carboxylic acid groups (broad SMARTS) is 1. The van der Waals surface area contributed by atoms with Gasteiger partial charge in [0.15, 0.2) is 0 Å². The van der Waals surface area contributed by atoms with Gasteiger partial charge < -0.3 is 16.2 Å². The van der Waals surface area contributed by atoms with Crippen LogP contribution in [0.15, 0.2) is 15.9 Å². The lowest BCUT2D eigenvalue weighted by atomic mass is 10.1. The lowest BCUT2D eigenvalue weighted by molar-refractivity contribution is -0.143. The van der Waals surface area contributed by atoms with Crippen LogP contribution in [0.5, 0.6) is 0 Å². The van der Waals surface area contributed by atoms with Crippen molar-refractivity contribution in [1.29, 1.82) is 0 Å². The number of amides is 2. The zero-order valence-electron chi connectivity index (χ0n) is 10.6. The fraction of sp³-hybridized carbons (Fsp3) is 0.417. The van der Waals surface area contributed by atoms with E-state index >= 15 is 0 Å². The maximum atomic E-state index is 11.6. The number of carboxylic acids is 1. The van der Waals surface area contributed by atoms with Gasteiger partial charge in [-0.15, -0.1) is 11.3 Å². The third kappa shape index (κ3) is 6.16. The van der Waals surface area contributed by atoms with Crippen molar-refractivity contribution in [3.8, 4) is 0 Å². The SMILES string of the molecule is NC(=O)CC(NC(=O)CCCc1ccc(Br)s1)C(=O)O. The molecule has 1 heterocycles. The highest BCUT2D eigenvalue weighted by atomic mass is 79.9. The Morgan fingerprint density at radius 2 is 2.10 bits per heavy atom. The normalized spacial score (nSPS) is 11.8. The summed E-state index contributed by atoms with van der Waals surface area (Å²) in [6.07, 6.45) is 1.16. The second-order valence-electron chi connectivity index (χ2n) is 4.19. The summed E-state index contributed by atoms with van der Waals surface area (Å²) in [6.45, 7) is 0. The molecule has 0 saturated carbocycles. The third-order valence-corrected chi connectivity index (χ3v) is 4.18. The second kappa shape index (κ2) is 8.01. The molecule has 1 aromatic rings. The topological polar surface area (TPSA) is 109 Å². The molecule has 1 unspecified atom stereocenters. The number of nitrogens with two attached hydrogens (primary N) is 1. The number of rotatable bonds is 8. The number of hydrogen-bond acceptors (Lipinski definition) is 4. The van der Waals surface area contributed by atoms with Crippen LogP contribution in [-0.4, -0.2) is 28.9 Å². The number of carbonyl (C=O) groups excluding carboxylic acids is 2. The first-order valence-corrected chi connectivity index (χ1v) is 7.54. The van der Waals surface area contributed by atoms with Crippen LogP contribution in [0.4, 0.5) is 0 Å². The van der Waals surface area contributed by atoms with Gasteiger partial charge in [-0.05, 0) is 40.9 Å². The third-order valence-electron chi connectivity index (χ3n) is 2.49. The highest BCUT2D eigenvalue weighted by molar-refractivity contribution is 9.11. The Labute approximate surface area is 128 Å². The molecule has 1 rings (SSSR count). The molecular formula is C12H15BrN2O4S. The highest BCUT2D eigenvalue weighted by Gasteiger charge is 2.21. The first-order valence-electron chi connectivity index (χ1n) is 5.93. The van der Waals surface area contributed by atoms with Gasteiger partial charge in [0.05, 0.1) is 10.2 Å². The summed E-state index contributed by atoms with van der Waals surface area (Å²) >= 11 is 4.95. The van der Waals surface area contributed by atoms with Crippen molar-refractivity contribution in [2.24, 2.45) is 5.73 Å². The molecule has 1 aromatic heterocycles. The van der Waals surface area contributed by atoms with E-state index in [2.05, 4.69) is 21.2 Å². The lowest BCUT2D eigenvalue weighted by Crippen LogP contribution is -2.43. The number of aliphatic carboxylic acids is 1. The van der Waals surface area contributed by atoms with Gasteiger partial charge >= 0.3 is 5.97 Å². The molecule has 20 heavy (non-hydrogen) atoms. The smallest absolute Gasteiger partial charge is 0.326 e. The van der Waals surface area contributed by atoms with Crippen molar-refractivity contribution >= 4 is 45.1 Å². The van der Waals surface area contributed by atoms with E-state index in [9.17, 15) is 14.4 Å². The summed E-state index contributed by atoms with van der Waals surface area (Å²) in [5.41, 5.74) is 4.93. The Kier molecular flexibility index (Phi) is 6.66. The zero-order chi connectivity index (χ0) is 15.1. The number of aryl methyl sites for hydroxylation is 1. The fourth-order valence-corrected chi connectivity index (χ4v) is 3.10. The second-order valence-corrected chi connectivity index (χ2v) is 6.74. The fourth-order valence-electron chi connectivity index (χ4n) is 1.58. The molecule has 0 aromatic carbocycles. The molecule has 0 radical (unpaired) electrons. The summed E-state index contributed by atoms with van der Waals surface area (Å²) in [4.78, 5) is 34.3. The largest absolute Gasteiger partial charge is 0.480 e. The van der Waals surface area contributed by atoms with E-state index in [-0.39, 0.29) is 6.42 Å². The molecule has 0 aliphatic heterocycles. The molecule has 0 aliphatic carbocycles.